The van der Waals surface area contributed by atoms with Crippen LogP contribution in [0.3, 0.4) is 0 Å². The van der Waals surface area contributed by atoms with E-state index in [9.17, 15) is 9.59 Å². The number of carbonyl (C=O) groups is 2. The molecule has 0 aliphatic heterocycles. The quantitative estimate of drug-likeness (QED) is 0.418. The molecule has 0 spiro atoms. The highest BCUT2D eigenvalue weighted by Gasteiger charge is 2.28. The smallest absolute Gasteiger partial charge is 0.313 e. The summed E-state index contributed by atoms with van der Waals surface area (Å²) in [7, 11) is 0. The molecule has 0 aliphatic carbocycles. The van der Waals surface area contributed by atoms with Gasteiger partial charge in [-0.05, 0) is 32.0 Å². The van der Waals surface area contributed by atoms with Crippen LogP contribution in [0.2, 0.25) is 5.02 Å². The van der Waals surface area contributed by atoms with Gasteiger partial charge in [-0.2, -0.15) is 0 Å². The van der Waals surface area contributed by atoms with Gasteiger partial charge in [0.15, 0.2) is 11.5 Å². The number of carbonyl (C=O) groups excluding carboxylic acids is 2. The number of halogens is 1. The summed E-state index contributed by atoms with van der Waals surface area (Å²) in [5.74, 6) is -0.734. The number of fused-ring (bicyclic) bond motifs is 1. The second kappa shape index (κ2) is 9.83. The Bertz CT molecular complexity index is 904. The second-order valence-corrected chi connectivity index (χ2v) is 7.46. The standard InChI is InChI=1S/C22H27ClO6/c1-7-26-19-17(28-21(24)12(3)4)15-10-9-14(23)11-16(15)18(20(19)27-8-2)29-22(25)13(5)6/h9-13H,7-8H2,1-6H3. The monoisotopic (exact) mass is 422 g/mol. The molecule has 0 N–H and O–H groups in total. The van der Waals surface area contributed by atoms with Gasteiger partial charge in [-0.3, -0.25) is 9.59 Å². The molecule has 0 saturated carbocycles. The maximum atomic E-state index is 12.4. The summed E-state index contributed by atoms with van der Waals surface area (Å²) >= 11 is 6.21. The van der Waals surface area contributed by atoms with E-state index in [1.807, 2.05) is 0 Å². The number of hydrogen-bond acceptors (Lipinski definition) is 6. The molecule has 0 fully saturated rings. The van der Waals surface area contributed by atoms with Crippen LogP contribution in [-0.4, -0.2) is 25.2 Å². The summed E-state index contributed by atoms with van der Waals surface area (Å²) < 4.78 is 23.0. The molecule has 2 aromatic carbocycles. The maximum Gasteiger partial charge on any atom is 0.313 e. The van der Waals surface area contributed by atoms with E-state index in [1.165, 1.54) is 0 Å². The maximum absolute atomic E-state index is 12.4. The SMILES string of the molecule is CCOc1c(OCC)c(OC(=O)C(C)C)c2cc(Cl)ccc2c1OC(=O)C(C)C. The van der Waals surface area contributed by atoms with Gasteiger partial charge in [0.2, 0.25) is 11.5 Å². The summed E-state index contributed by atoms with van der Waals surface area (Å²) in [5, 5.41) is 1.46. The van der Waals surface area contributed by atoms with E-state index in [2.05, 4.69) is 0 Å². The Hall–Kier alpha value is -2.47. The van der Waals surface area contributed by atoms with Crippen LogP contribution in [0.15, 0.2) is 18.2 Å². The van der Waals surface area contributed by atoms with Crippen molar-refractivity contribution < 1.29 is 28.5 Å². The van der Waals surface area contributed by atoms with Gasteiger partial charge < -0.3 is 18.9 Å². The Morgan fingerprint density at radius 1 is 0.793 bits per heavy atom. The molecular weight excluding hydrogens is 396 g/mol. The average molecular weight is 423 g/mol. The molecule has 0 aliphatic rings. The van der Waals surface area contributed by atoms with Crippen molar-refractivity contribution >= 4 is 34.3 Å². The van der Waals surface area contributed by atoms with E-state index < -0.39 is 11.9 Å². The van der Waals surface area contributed by atoms with Gasteiger partial charge in [0.1, 0.15) is 0 Å². The first kappa shape index (κ1) is 22.8. The fraction of sp³-hybridized carbons (Fsp3) is 0.455. The van der Waals surface area contributed by atoms with E-state index in [-0.39, 0.29) is 41.4 Å². The van der Waals surface area contributed by atoms with Crippen LogP contribution in [0.25, 0.3) is 10.8 Å². The lowest BCUT2D eigenvalue weighted by Crippen LogP contribution is -2.18. The van der Waals surface area contributed by atoms with E-state index in [0.717, 1.165) is 0 Å². The predicted molar refractivity (Wildman–Crippen MR) is 112 cm³/mol. The molecule has 0 atom stereocenters. The van der Waals surface area contributed by atoms with Crippen molar-refractivity contribution in [2.75, 3.05) is 13.2 Å². The number of hydrogen-bond donors (Lipinski definition) is 0. The van der Waals surface area contributed by atoms with Crippen LogP contribution in [0, 0.1) is 11.8 Å². The molecule has 6 nitrogen and oxygen atoms in total. The van der Waals surface area contributed by atoms with E-state index in [0.29, 0.717) is 22.4 Å². The van der Waals surface area contributed by atoms with Gasteiger partial charge in [0, 0.05) is 15.8 Å². The van der Waals surface area contributed by atoms with Crippen LogP contribution in [0.4, 0.5) is 0 Å². The molecule has 158 valence electrons. The van der Waals surface area contributed by atoms with Gasteiger partial charge >= 0.3 is 11.9 Å². The lowest BCUT2D eigenvalue weighted by molar-refractivity contribution is -0.138. The van der Waals surface area contributed by atoms with Crippen LogP contribution < -0.4 is 18.9 Å². The zero-order valence-corrected chi connectivity index (χ0v) is 18.4. The van der Waals surface area contributed by atoms with Crippen molar-refractivity contribution in [1.29, 1.82) is 0 Å². The topological polar surface area (TPSA) is 71.1 Å². The molecule has 0 aromatic heterocycles. The van der Waals surface area contributed by atoms with Crippen LogP contribution in [0.5, 0.6) is 23.0 Å². The summed E-state index contributed by atoms with van der Waals surface area (Å²) in [5.41, 5.74) is 0. The molecule has 7 heteroatoms. The Morgan fingerprint density at radius 3 is 1.66 bits per heavy atom. The first-order chi connectivity index (χ1) is 13.7. The minimum Gasteiger partial charge on any atom is -0.487 e. The molecular formula is C22H27ClO6. The van der Waals surface area contributed by atoms with Gasteiger partial charge in [0.05, 0.1) is 25.0 Å². The van der Waals surface area contributed by atoms with Gasteiger partial charge in [0.25, 0.3) is 0 Å². The molecule has 0 heterocycles. The lowest BCUT2D eigenvalue weighted by atomic mass is 10.1. The molecule has 0 unspecified atom stereocenters. The Kier molecular flexibility index (Phi) is 7.73. The number of esters is 2. The molecule has 29 heavy (non-hydrogen) atoms. The lowest BCUT2D eigenvalue weighted by Gasteiger charge is -2.22. The van der Waals surface area contributed by atoms with Crippen LogP contribution in [-0.2, 0) is 9.59 Å². The van der Waals surface area contributed by atoms with Crippen molar-refractivity contribution in [3.8, 4) is 23.0 Å². The van der Waals surface area contributed by atoms with Gasteiger partial charge in [-0.25, -0.2) is 0 Å². The summed E-state index contributed by atoms with van der Waals surface area (Å²) in [6.45, 7) is 11.1. The summed E-state index contributed by atoms with van der Waals surface area (Å²) in [6, 6.07) is 5.01. The third kappa shape index (κ3) is 5.12. The third-order valence-electron chi connectivity index (χ3n) is 4.02. The highest BCUT2D eigenvalue weighted by Crippen LogP contribution is 2.52. The highest BCUT2D eigenvalue weighted by atomic mass is 35.5. The van der Waals surface area contributed by atoms with E-state index >= 15 is 0 Å². The molecule has 0 amide bonds. The highest BCUT2D eigenvalue weighted by molar-refractivity contribution is 6.31. The number of benzene rings is 2. The minimum absolute atomic E-state index is 0.191. The number of ether oxygens (including phenoxy) is 4. The van der Waals surface area contributed by atoms with Crippen molar-refractivity contribution in [2.24, 2.45) is 11.8 Å². The first-order valence-electron chi connectivity index (χ1n) is 9.69. The Labute approximate surface area is 176 Å². The van der Waals surface area contributed by atoms with Crippen molar-refractivity contribution in [3.63, 3.8) is 0 Å². The number of rotatable bonds is 8. The van der Waals surface area contributed by atoms with E-state index in [1.54, 1.807) is 59.7 Å². The van der Waals surface area contributed by atoms with Gasteiger partial charge in [-0.1, -0.05) is 39.3 Å². The fourth-order valence-corrected chi connectivity index (χ4v) is 2.72. The fourth-order valence-electron chi connectivity index (χ4n) is 2.54. The Morgan fingerprint density at radius 2 is 1.24 bits per heavy atom. The van der Waals surface area contributed by atoms with E-state index in [4.69, 9.17) is 30.5 Å². The minimum atomic E-state index is -0.429. The Balaban J connectivity index is 2.88. The normalized spacial score (nSPS) is 11.1. The summed E-state index contributed by atoms with van der Waals surface area (Å²) in [6.07, 6.45) is 0. The second-order valence-electron chi connectivity index (χ2n) is 7.02. The van der Waals surface area contributed by atoms with Crippen LogP contribution >= 0.6 is 11.6 Å². The van der Waals surface area contributed by atoms with Crippen LogP contribution in [0.1, 0.15) is 41.5 Å². The molecule has 2 aromatic rings. The van der Waals surface area contributed by atoms with Crippen molar-refractivity contribution in [1.82, 2.24) is 0 Å². The molecule has 2 rings (SSSR count). The zero-order chi connectivity index (χ0) is 21.7. The third-order valence-corrected chi connectivity index (χ3v) is 4.25. The van der Waals surface area contributed by atoms with Gasteiger partial charge in [-0.15, -0.1) is 0 Å². The predicted octanol–water partition coefficient (Wildman–Crippen LogP) is 5.41. The average Bonchev–Trinajstić information content (AvgIpc) is 2.66. The van der Waals surface area contributed by atoms with Crippen molar-refractivity contribution in [3.05, 3.63) is 23.2 Å². The largest absolute Gasteiger partial charge is 0.487 e. The molecule has 0 saturated heterocycles. The summed E-state index contributed by atoms with van der Waals surface area (Å²) in [4.78, 5) is 24.8. The molecule has 0 radical (unpaired) electrons. The zero-order valence-electron chi connectivity index (χ0n) is 17.6. The first-order valence-corrected chi connectivity index (χ1v) is 10.1. The molecule has 0 bridgehead atoms. The van der Waals surface area contributed by atoms with Crippen molar-refractivity contribution in [2.45, 2.75) is 41.5 Å².